The number of hydrogen-bond acceptors (Lipinski definition) is 5. The van der Waals surface area contributed by atoms with Crippen LogP contribution in [0.25, 0.3) is 11.4 Å². The molecule has 2 rings (SSSR count). The minimum absolute atomic E-state index is 0.00294. The lowest BCUT2D eigenvalue weighted by atomic mass is 10.2. The molecular formula is C9H8ClN5O. The fraction of sp³-hybridized carbons (Fsp3) is 0.111. The Hall–Kier alpha value is -1.95. The summed E-state index contributed by atoms with van der Waals surface area (Å²) in [6, 6.07) is 3.11. The quantitative estimate of drug-likeness (QED) is 0.779. The van der Waals surface area contributed by atoms with Gasteiger partial charge < -0.3 is 10.3 Å². The minimum Gasteiger partial charge on any atom is -0.368 e. The van der Waals surface area contributed by atoms with Crippen LogP contribution in [0.5, 0.6) is 0 Å². The van der Waals surface area contributed by atoms with Gasteiger partial charge >= 0.3 is 0 Å². The monoisotopic (exact) mass is 237 g/mol. The summed E-state index contributed by atoms with van der Waals surface area (Å²) >= 11 is 5.65. The molecule has 16 heavy (non-hydrogen) atoms. The molecule has 7 heteroatoms. The van der Waals surface area contributed by atoms with Gasteiger partial charge in [-0.05, 0) is 17.7 Å². The maximum atomic E-state index is 11.4. The highest BCUT2D eigenvalue weighted by molar-refractivity contribution is 6.28. The van der Waals surface area contributed by atoms with E-state index in [1.165, 1.54) is 10.6 Å². The summed E-state index contributed by atoms with van der Waals surface area (Å²) in [6.45, 7) is 0. The summed E-state index contributed by atoms with van der Waals surface area (Å²) in [7, 11) is 1.65. The van der Waals surface area contributed by atoms with Gasteiger partial charge in [0.2, 0.25) is 11.2 Å². The molecule has 0 bridgehead atoms. The molecule has 0 amide bonds. The van der Waals surface area contributed by atoms with Gasteiger partial charge in [0.15, 0.2) is 5.82 Å². The van der Waals surface area contributed by atoms with E-state index in [2.05, 4.69) is 15.0 Å². The number of nitrogens with zero attached hydrogens (tertiary/aromatic N) is 4. The van der Waals surface area contributed by atoms with Crippen LogP contribution in [0.3, 0.4) is 0 Å². The lowest BCUT2D eigenvalue weighted by Crippen LogP contribution is -2.14. The molecule has 0 aliphatic rings. The predicted octanol–water partition coefficient (Wildman–Crippen LogP) is 0.473. The van der Waals surface area contributed by atoms with Crippen LogP contribution in [-0.4, -0.2) is 19.5 Å². The molecule has 0 aliphatic heterocycles. The minimum atomic E-state index is -0.160. The van der Waals surface area contributed by atoms with Gasteiger partial charge in [0, 0.05) is 24.9 Å². The largest absolute Gasteiger partial charge is 0.368 e. The molecule has 0 atom stereocenters. The van der Waals surface area contributed by atoms with Gasteiger partial charge in [0.1, 0.15) is 0 Å². The Labute approximate surface area is 95.7 Å². The fourth-order valence-corrected chi connectivity index (χ4v) is 1.35. The van der Waals surface area contributed by atoms with Crippen molar-refractivity contribution in [2.75, 3.05) is 5.73 Å². The second-order valence-corrected chi connectivity index (χ2v) is 3.49. The Morgan fingerprint density at radius 3 is 2.75 bits per heavy atom. The molecule has 0 unspecified atom stereocenters. The number of aromatic nitrogens is 4. The van der Waals surface area contributed by atoms with Crippen LogP contribution in [0.4, 0.5) is 5.95 Å². The molecule has 0 fully saturated rings. The number of rotatable bonds is 1. The predicted molar refractivity (Wildman–Crippen MR) is 59.9 cm³/mol. The van der Waals surface area contributed by atoms with Crippen LogP contribution >= 0.6 is 11.6 Å². The van der Waals surface area contributed by atoms with Crippen molar-refractivity contribution in [2.24, 2.45) is 7.05 Å². The molecule has 82 valence electrons. The molecule has 0 aromatic carbocycles. The first-order valence-electron chi connectivity index (χ1n) is 4.40. The van der Waals surface area contributed by atoms with Crippen LogP contribution < -0.4 is 11.3 Å². The van der Waals surface area contributed by atoms with Crippen molar-refractivity contribution in [3.05, 3.63) is 34.0 Å². The van der Waals surface area contributed by atoms with E-state index in [1.807, 2.05) is 0 Å². The van der Waals surface area contributed by atoms with Crippen LogP contribution in [0.15, 0.2) is 23.1 Å². The normalized spacial score (nSPS) is 10.4. The third-order valence-corrected chi connectivity index (χ3v) is 2.16. The van der Waals surface area contributed by atoms with Crippen LogP contribution in [0, 0.1) is 0 Å². The van der Waals surface area contributed by atoms with E-state index < -0.39 is 0 Å². The van der Waals surface area contributed by atoms with Crippen LogP contribution in [-0.2, 0) is 7.05 Å². The summed E-state index contributed by atoms with van der Waals surface area (Å²) in [5, 5.41) is 0.00294. The Kier molecular flexibility index (Phi) is 2.57. The lowest BCUT2D eigenvalue weighted by molar-refractivity contribution is 0.860. The molecule has 0 saturated heterocycles. The zero-order chi connectivity index (χ0) is 11.7. The van der Waals surface area contributed by atoms with Crippen molar-refractivity contribution in [1.82, 2.24) is 19.5 Å². The van der Waals surface area contributed by atoms with E-state index in [-0.39, 0.29) is 22.6 Å². The van der Waals surface area contributed by atoms with Crippen molar-refractivity contribution < 1.29 is 0 Å². The molecule has 2 heterocycles. The fourth-order valence-electron chi connectivity index (χ4n) is 1.18. The summed E-state index contributed by atoms with van der Waals surface area (Å²) in [4.78, 5) is 22.8. The van der Waals surface area contributed by atoms with E-state index in [4.69, 9.17) is 17.3 Å². The lowest BCUT2D eigenvalue weighted by Gasteiger charge is -2.02. The number of anilines is 1. The second-order valence-electron chi connectivity index (χ2n) is 3.15. The Balaban J connectivity index is 2.58. The van der Waals surface area contributed by atoms with E-state index >= 15 is 0 Å². The van der Waals surface area contributed by atoms with Gasteiger partial charge in [-0.1, -0.05) is 0 Å². The van der Waals surface area contributed by atoms with Gasteiger partial charge in [-0.15, -0.1) is 0 Å². The Morgan fingerprint density at radius 1 is 1.38 bits per heavy atom. The summed E-state index contributed by atoms with van der Waals surface area (Å²) in [6.07, 6.45) is 1.62. The molecule has 6 nitrogen and oxygen atoms in total. The molecule has 0 saturated carbocycles. The zero-order valence-corrected chi connectivity index (χ0v) is 9.14. The van der Waals surface area contributed by atoms with Crippen molar-refractivity contribution >= 4 is 17.5 Å². The molecule has 0 spiro atoms. The first-order valence-corrected chi connectivity index (χ1v) is 4.78. The molecular weight excluding hydrogens is 230 g/mol. The maximum absolute atomic E-state index is 11.4. The summed E-state index contributed by atoms with van der Waals surface area (Å²) in [5.74, 6) is 0.311. The first kappa shape index (κ1) is 10.6. The molecule has 2 aromatic rings. The zero-order valence-electron chi connectivity index (χ0n) is 8.38. The van der Waals surface area contributed by atoms with Crippen molar-refractivity contribution in [2.45, 2.75) is 0 Å². The Morgan fingerprint density at radius 2 is 2.12 bits per heavy atom. The number of halogens is 1. The summed E-state index contributed by atoms with van der Waals surface area (Å²) < 4.78 is 1.44. The topological polar surface area (TPSA) is 86.7 Å². The smallest absolute Gasteiger partial charge is 0.250 e. The molecule has 0 radical (unpaired) electrons. The highest BCUT2D eigenvalue weighted by atomic mass is 35.5. The van der Waals surface area contributed by atoms with Crippen LogP contribution in [0.2, 0.25) is 5.28 Å². The summed E-state index contributed by atoms with van der Waals surface area (Å²) in [5.41, 5.74) is 5.83. The van der Waals surface area contributed by atoms with Gasteiger partial charge in [-0.2, -0.15) is 15.0 Å². The number of pyridine rings is 1. The third-order valence-electron chi connectivity index (χ3n) is 1.99. The van der Waals surface area contributed by atoms with E-state index in [0.717, 1.165) is 0 Å². The van der Waals surface area contributed by atoms with Gasteiger partial charge in [-0.25, -0.2) is 0 Å². The molecule has 2 aromatic heterocycles. The van der Waals surface area contributed by atoms with Crippen LogP contribution in [0.1, 0.15) is 0 Å². The average Bonchev–Trinajstić information content (AvgIpc) is 2.20. The number of nitrogen functional groups attached to an aromatic ring is 1. The van der Waals surface area contributed by atoms with Crippen molar-refractivity contribution in [3.63, 3.8) is 0 Å². The average molecular weight is 238 g/mol. The first-order chi connectivity index (χ1) is 7.56. The third kappa shape index (κ3) is 2.01. The number of aryl methyl sites for hydroxylation is 1. The van der Waals surface area contributed by atoms with Gasteiger partial charge in [0.05, 0.1) is 0 Å². The second kappa shape index (κ2) is 3.90. The van der Waals surface area contributed by atoms with Gasteiger partial charge in [0.25, 0.3) is 5.56 Å². The molecule has 0 aliphatic carbocycles. The SMILES string of the molecule is Cn1ccc(-c2nc(N)nc(Cl)n2)cc1=O. The van der Waals surface area contributed by atoms with E-state index in [9.17, 15) is 4.79 Å². The number of nitrogens with two attached hydrogens (primary N) is 1. The maximum Gasteiger partial charge on any atom is 0.250 e. The van der Waals surface area contributed by atoms with Crippen molar-refractivity contribution in [1.29, 1.82) is 0 Å². The van der Waals surface area contributed by atoms with E-state index in [1.54, 1.807) is 19.3 Å². The number of hydrogen-bond donors (Lipinski definition) is 1. The van der Waals surface area contributed by atoms with Crippen molar-refractivity contribution in [3.8, 4) is 11.4 Å². The standard InChI is InChI=1S/C9H8ClN5O/c1-15-3-2-5(4-6(15)16)7-12-8(10)14-9(11)13-7/h2-4H,1H3,(H2,11,12,13,14). The molecule has 2 N–H and O–H groups in total. The highest BCUT2D eigenvalue weighted by Crippen LogP contribution is 2.14. The van der Waals surface area contributed by atoms with Gasteiger partial charge in [-0.3, -0.25) is 4.79 Å². The van der Waals surface area contributed by atoms with E-state index in [0.29, 0.717) is 5.56 Å². The highest BCUT2D eigenvalue weighted by Gasteiger charge is 2.06. The Bertz CT molecular complexity index is 574.